The molecule has 0 saturated heterocycles. The first-order valence-corrected chi connectivity index (χ1v) is 20.0. The number of para-hydroxylation sites is 8. The average Bonchev–Trinajstić information content (AvgIpc) is 4.01. The number of hydrogen-bond donors (Lipinski definition) is 9. The van der Waals surface area contributed by atoms with Crippen molar-refractivity contribution < 1.29 is 43.0 Å². The van der Waals surface area contributed by atoms with Crippen molar-refractivity contribution in [2.45, 2.75) is 41.5 Å². The van der Waals surface area contributed by atoms with Crippen LogP contribution in [0.3, 0.4) is 0 Å². The minimum absolute atomic E-state index is 0.00463. The first-order chi connectivity index (χ1) is 31.7. The fourth-order valence-corrected chi connectivity index (χ4v) is 3.84. The smallest absolute Gasteiger partial charge is 0.302 e. The van der Waals surface area contributed by atoms with Gasteiger partial charge in [0.2, 0.25) is 29.6 Å². The van der Waals surface area contributed by atoms with Crippen LogP contribution in [0.25, 0.3) is 33.1 Å². The van der Waals surface area contributed by atoms with Crippen molar-refractivity contribution in [3.8, 4) is 4.98 Å². The van der Waals surface area contributed by atoms with Gasteiger partial charge in [-0.15, -0.1) is 0 Å². The number of nitrogens with zero attached hydrogens (tertiary/aromatic N) is 4. The number of anilines is 5. The molecule has 67 heavy (non-hydrogen) atoms. The molecule has 7 rings (SSSR count). The fraction of sp³-hybridized carbons (Fsp3) is 0.227. The molecular formula is C44H58BrN13O9. The van der Waals surface area contributed by atoms with Crippen molar-refractivity contribution in [2.24, 2.45) is 0 Å². The fourth-order valence-electron chi connectivity index (χ4n) is 3.84. The third kappa shape index (κ3) is 31.1. The first kappa shape index (κ1) is 60.6. The van der Waals surface area contributed by atoms with Gasteiger partial charge in [0.15, 0.2) is 5.95 Å². The molecule has 0 saturated carbocycles. The van der Waals surface area contributed by atoms with Gasteiger partial charge in [0.05, 0.1) is 65.8 Å². The number of halogens is 1. The highest BCUT2D eigenvalue weighted by Crippen LogP contribution is 2.14. The number of ether oxygens (including phenoxy) is 3. The molecule has 0 unspecified atom stereocenters. The van der Waals surface area contributed by atoms with Crippen LogP contribution in [0.1, 0.15) is 41.5 Å². The Kier molecular flexibility index (Phi) is 32.4. The van der Waals surface area contributed by atoms with E-state index in [0.717, 1.165) is 33.1 Å². The normalized spacial score (nSPS) is 8.75. The van der Waals surface area contributed by atoms with Crippen molar-refractivity contribution in [1.29, 1.82) is 5.26 Å². The molecule has 0 fully saturated rings. The Balaban J connectivity index is 0. The molecule has 7 aromatic rings. The second-order valence-corrected chi connectivity index (χ2v) is 12.7. The van der Waals surface area contributed by atoms with Crippen LogP contribution < -0.4 is 33.2 Å². The maximum atomic E-state index is 10.7. The third-order valence-corrected chi connectivity index (χ3v) is 6.99. The standard InChI is InChI=1S/2C9H9N3O.C7H7N3.C6H8N2.C3H7NO.3C3H6O2.CBrN/c2*1-6(13)10-9-11-7-4-2-3-5-8(7)12-9;8-7-9-5-3-1-2-4-6(5)10-7;7-5-3-1-2-4-6(5)8;1-3(5)4-2;3*1-3(4)5-2;2-1-3/h2*2-5H,1H3,(H2,10,11,12,13);1-4H,(H3,8,9,10);1-4H,7-8H2;1-2H3,(H,4,5);3*1-2H3;. The number of fused-ring (bicyclic) bond motifs is 3. The zero-order valence-electron chi connectivity index (χ0n) is 38.8. The number of amides is 3. The topological polar surface area (TPSA) is 354 Å². The number of esters is 3. The number of methoxy groups -OCH3 is 3. The molecule has 3 amide bonds. The third-order valence-electron chi connectivity index (χ3n) is 6.99. The molecule has 0 radical (unpaired) electrons. The summed E-state index contributed by atoms with van der Waals surface area (Å²) in [7, 11) is 5.65. The molecule has 0 aliphatic heterocycles. The Morgan fingerprint density at radius 3 is 1.00 bits per heavy atom. The van der Waals surface area contributed by atoms with E-state index in [1.54, 1.807) is 24.2 Å². The van der Waals surface area contributed by atoms with Gasteiger partial charge in [0, 0.05) is 64.5 Å². The summed E-state index contributed by atoms with van der Waals surface area (Å²) < 4.78 is 12.3. The molecule has 4 aromatic carbocycles. The SMILES string of the molecule is CC(=O)Nc1nc2ccccc2[nH]1.CC(=O)Nc1nc2ccccc2[nH]1.CNC(C)=O.COC(C)=O.COC(C)=O.COC(C)=O.N#CBr.Nc1ccccc1N.Nc1nc2ccccc2[nH]1. The number of H-pyrrole nitrogens is 3. The van der Waals surface area contributed by atoms with Gasteiger partial charge in [0.1, 0.15) is 4.98 Å². The Labute approximate surface area is 395 Å². The predicted octanol–water partition coefficient (Wildman–Crippen LogP) is 6.19. The predicted molar refractivity (Wildman–Crippen MR) is 264 cm³/mol. The summed E-state index contributed by atoms with van der Waals surface area (Å²) in [6, 6.07) is 30.2. The van der Waals surface area contributed by atoms with Gasteiger partial charge < -0.3 is 51.7 Å². The first-order valence-electron chi connectivity index (χ1n) is 19.2. The van der Waals surface area contributed by atoms with Gasteiger partial charge in [-0.3, -0.25) is 39.4 Å². The number of aromatic nitrogens is 6. The molecule has 23 heteroatoms. The van der Waals surface area contributed by atoms with Gasteiger partial charge in [-0.25, -0.2) is 15.0 Å². The maximum Gasteiger partial charge on any atom is 0.302 e. The second kappa shape index (κ2) is 35.9. The lowest BCUT2D eigenvalue weighted by atomic mass is 10.3. The summed E-state index contributed by atoms with van der Waals surface area (Å²) in [5, 5.41) is 14.8. The average molecular weight is 993 g/mol. The van der Waals surface area contributed by atoms with Gasteiger partial charge in [-0.05, 0) is 48.5 Å². The Morgan fingerprint density at radius 1 is 0.522 bits per heavy atom. The number of benzene rings is 4. The van der Waals surface area contributed by atoms with Gasteiger partial charge in [-0.2, -0.15) is 5.26 Å². The van der Waals surface area contributed by atoms with Crippen molar-refractivity contribution in [3.05, 3.63) is 97.1 Å². The molecule has 0 spiro atoms. The number of hydrogen-bond acceptors (Lipinski definition) is 16. The number of nitrogen functional groups attached to an aromatic ring is 3. The van der Waals surface area contributed by atoms with E-state index >= 15 is 0 Å². The number of imidazole rings is 3. The Bertz CT molecular complexity index is 2340. The van der Waals surface area contributed by atoms with Crippen LogP contribution in [0, 0.1) is 10.2 Å². The second-order valence-electron chi connectivity index (χ2n) is 12.3. The van der Waals surface area contributed by atoms with E-state index in [9.17, 15) is 28.8 Å². The van der Waals surface area contributed by atoms with Crippen LogP contribution in [0.4, 0.5) is 29.2 Å². The van der Waals surface area contributed by atoms with Crippen LogP contribution >= 0.6 is 15.9 Å². The van der Waals surface area contributed by atoms with Crippen molar-refractivity contribution >= 4 is 114 Å². The summed E-state index contributed by atoms with van der Waals surface area (Å²) >= 11 is 2.45. The summed E-state index contributed by atoms with van der Waals surface area (Å²) in [6.07, 6.45) is 0. The van der Waals surface area contributed by atoms with Crippen LogP contribution in [0.15, 0.2) is 97.1 Å². The van der Waals surface area contributed by atoms with Gasteiger partial charge >= 0.3 is 17.9 Å². The minimum atomic E-state index is -0.245. The van der Waals surface area contributed by atoms with E-state index < -0.39 is 0 Å². The molecule has 360 valence electrons. The van der Waals surface area contributed by atoms with Crippen LogP contribution in [-0.2, 0) is 43.0 Å². The number of carbonyl (C=O) groups is 6. The number of nitrogens with one attached hydrogen (secondary N) is 6. The lowest BCUT2D eigenvalue weighted by molar-refractivity contribution is -0.138. The molecule has 0 aliphatic carbocycles. The number of nitriles is 1. The maximum absolute atomic E-state index is 10.7. The summed E-state index contributed by atoms with van der Waals surface area (Å²) in [5.74, 6) is 0.478. The monoisotopic (exact) mass is 991 g/mol. The largest absolute Gasteiger partial charge is 0.469 e. The zero-order chi connectivity index (χ0) is 51.3. The Hall–Kier alpha value is -8.52. The molecule has 3 heterocycles. The van der Waals surface area contributed by atoms with Crippen molar-refractivity contribution in [1.82, 2.24) is 35.2 Å². The van der Waals surface area contributed by atoms with Gasteiger partial charge in [0.25, 0.3) is 0 Å². The van der Waals surface area contributed by atoms with E-state index in [1.165, 1.54) is 62.9 Å². The molecule has 12 N–H and O–H groups in total. The molecule has 22 nitrogen and oxygen atoms in total. The number of nitrogens with two attached hydrogens (primary N) is 3. The number of rotatable bonds is 2. The summed E-state index contributed by atoms with van der Waals surface area (Å²) in [5.41, 5.74) is 23.0. The zero-order valence-corrected chi connectivity index (χ0v) is 40.4. The van der Waals surface area contributed by atoms with E-state index in [1.807, 2.05) is 84.9 Å². The highest BCUT2D eigenvalue weighted by atomic mass is 79.9. The lowest BCUT2D eigenvalue weighted by Crippen LogP contribution is -2.11. The molecule has 0 bridgehead atoms. The van der Waals surface area contributed by atoms with E-state index in [2.05, 4.69) is 76.0 Å². The molecule has 3 aromatic heterocycles. The van der Waals surface area contributed by atoms with Gasteiger partial charge in [-0.1, -0.05) is 48.5 Å². The quantitative estimate of drug-likeness (QED) is 0.0529. The van der Waals surface area contributed by atoms with Crippen molar-refractivity contribution in [2.75, 3.05) is 56.2 Å². The molecular weight excluding hydrogens is 934 g/mol. The number of aromatic amines is 3. The lowest BCUT2D eigenvalue weighted by Gasteiger charge is -1.94. The van der Waals surface area contributed by atoms with E-state index in [-0.39, 0.29) is 35.6 Å². The number of carbonyl (C=O) groups excluding carboxylic acids is 6. The van der Waals surface area contributed by atoms with Crippen LogP contribution in [-0.4, -0.2) is 93.9 Å². The summed E-state index contributed by atoms with van der Waals surface area (Å²) in [6.45, 7) is 8.46. The summed E-state index contributed by atoms with van der Waals surface area (Å²) in [4.78, 5) is 82.7. The Morgan fingerprint density at radius 2 is 0.776 bits per heavy atom. The highest BCUT2D eigenvalue weighted by Gasteiger charge is 2.03. The van der Waals surface area contributed by atoms with E-state index in [0.29, 0.717) is 29.2 Å². The molecule has 0 aliphatic rings. The molecule has 0 atom stereocenters. The van der Waals surface area contributed by atoms with Crippen molar-refractivity contribution in [3.63, 3.8) is 0 Å². The van der Waals surface area contributed by atoms with Crippen LogP contribution in [0.5, 0.6) is 0 Å². The highest BCUT2D eigenvalue weighted by molar-refractivity contribution is 9.12. The van der Waals surface area contributed by atoms with E-state index in [4.69, 9.17) is 22.5 Å². The van der Waals surface area contributed by atoms with Crippen LogP contribution in [0.2, 0.25) is 0 Å². The minimum Gasteiger partial charge on any atom is -0.469 e.